The first-order valence-electron chi connectivity index (χ1n) is 7.11. The van der Waals surface area contributed by atoms with Gasteiger partial charge in [-0.1, -0.05) is 19.1 Å². The molecule has 4 nitrogen and oxygen atoms in total. The summed E-state index contributed by atoms with van der Waals surface area (Å²) in [6.07, 6.45) is 0.976. The third kappa shape index (κ3) is 4.60. The highest BCUT2D eigenvalue weighted by Crippen LogP contribution is 2.23. The fourth-order valence-corrected chi connectivity index (χ4v) is 1.97. The number of rotatable bonds is 7. The number of hydrogen-bond acceptors (Lipinski definition) is 4. The fourth-order valence-electron chi connectivity index (χ4n) is 1.97. The first kappa shape index (κ1) is 15.0. The summed E-state index contributed by atoms with van der Waals surface area (Å²) in [5.41, 5.74) is 8.73. The maximum atomic E-state index is 5.90. The van der Waals surface area contributed by atoms with Gasteiger partial charge < -0.3 is 20.5 Å². The highest BCUT2D eigenvalue weighted by molar-refractivity contribution is 5.59. The van der Waals surface area contributed by atoms with Gasteiger partial charge in [-0.25, -0.2) is 0 Å². The molecule has 0 saturated heterocycles. The molecule has 0 bridgehead atoms. The topological polar surface area (TPSA) is 56.5 Å². The summed E-state index contributed by atoms with van der Waals surface area (Å²) in [6, 6.07) is 13.7. The molecule has 2 rings (SSSR count). The molecule has 0 fully saturated rings. The van der Waals surface area contributed by atoms with Crippen LogP contribution in [-0.2, 0) is 6.54 Å². The third-order valence-electron chi connectivity index (χ3n) is 3.06. The van der Waals surface area contributed by atoms with Gasteiger partial charge in [0, 0.05) is 30.1 Å². The van der Waals surface area contributed by atoms with Crippen molar-refractivity contribution >= 4 is 11.4 Å². The monoisotopic (exact) mass is 286 g/mol. The van der Waals surface area contributed by atoms with Crippen molar-refractivity contribution in [3.05, 3.63) is 48.0 Å². The third-order valence-corrected chi connectivity index (χ3v) is 3.06. The molecule has 0 aliphatic carbocycles. The Balaban J connectivity index is 1.99. The van der Waals surface area contributed by atoms with Crippen molar-refractivity contribution < 1.29 is 9.47 Å². The Labute approximate surface area is 125 Å². The van der Waals surface area contributed by atoms with Gasteiger partial charge in [-0.05, 0) is 30.2 Å². The van der Waals surface area contributed by atoms with Gasteiger partial charge in [-0.15, -0.1) is 0 Å². The molecule has 0 atom stereocenters. The SMILES string of the molecule is CCCOc1cc(N)cc(NCc2ccc(OC)cc2)c1. The highest BCUT2D eigenvalue weighted by atomic mass is 16.5. The van der Waals surface area contributed by atoms with E-state index in [4.69, 9.17) is 15.2 Å². The van der Waals surface area contributed by atoms with E-state index in [1.165, 1.54) is 5.56 Å². The molecule has 112 valence electrons. The van der Waals surface area contributed by atoms with Crippen LogP contribution in [0.2, 0.25) is 0 Å². The van der Waals surface area contributed by atoms with Crippen LogP contribution < -0.4 is 20.5 Å². The summed E-state index contributed by atoms with van der Waals surface area (Å²) in [5, 5.41) is 3.36. The molecular weight excluding hydrogens is 264 g/mol. The molecule has 4 heteroatoms. The molecule has 0 radical (unpaired) electrons. The van der Waals surface area contributed by atoms with Crippen LogP contribution in [-0.4, -0.2) is 13.7 Å². The second-order valence-electron chi connectivity index (χ2n) is 4.84. The number of benzene rings is 2. The molecule has 3 N–H and O–H groups in total. The van der Waals surface area contributed by atoms with Gasteiger partial charge in [0.25, 0.3) is 0 Å². The van der Waals surface area contributed by atoms with Crippen molar-refractivity contribution in [3.63, 3.8) is 0 Å². The zero-order valence-electron chi connectivity index (χ0n) is 12.6. The van der Waals surface area contributed by atoms with Crippen LogP contribution >= 0.6 is 0 Å². The van der Waals surface area contributed by atoms with Crippen molar-refractivity contribution in [2.45, 2.75) is 19.9 Å². The molecule has 0 spiro atoms. The Morgan fingerprint density at radius 2 is 1.81 bits per heavy atom. The minimum Gasteiger partial charge on any atom is -0.497 e. The summed E-state index contributed by atoms with van der Waals surface area (Å²) < 4.78 is 10.8. The van der Waals surface area contributed by atoms with Crippen LogP contribution in [0.25, 0.3) is 0 Å². The van der Waals surface area contributed by atoms with Gasteiger partial charge in [0.2, 0.25) is 0 Å². The fraction of sp³-hybridized carbons (Fsp3) is 0.294. The first-order chi connectivity index (χ1) is 10.2. The molecule has 21 heavy (non-hydrogen) atoms. The minimum atomic E-state index is 0.695. The Hall–Kier alpha value is -2.36. The molecule has 0 amide bonds. The van der Waals surface area contributed by atoms with E-state index < -0.39 is 0 Å². The molecule has 0 heterocycles. The van der Waals surface area contributed by atoms with E-state index in [2.05, 4.69) is 12.2 Å². The molecule has 0 unspecified atom stereocenters. The lowest BCUT2D eigenvalue weighted by Gasteiger charge is -2.11. The lowest BCUT2D eigenvalue weighted by molar-refractivity contribution is 0.318. The quantitative estimate of drug-likeness (QED) is 0.762. The standard InChI is InChI=1S/C17H22N2O2/c1-3-8-21-17-10-14(18)9-15(11-17)19-12-13-4-6-16(20-2)7-5-13/h4-7,9-11,19H,3,8,12,18H2,1-2H3. The van der Waals surface area contributed by atoms with Crippen molar-refractivity contribution in [2.75, 3.05) is 24.8 Å². The minimum absolute atomic E-state index is 0.695. The average molecular weight is 286 g/mol. The molecular formula is C17H22N2O2. The van der Waals surface area contributed by atoms with Crippen molar-refractivity contribution in [1.29, 1.82) is 0 Å². The Morgan fingerprint density at radius 3 is 2.48 bits per heavy atom. The predicted molar refractivity (Wildman–Crippen MR) is 87.0 cm³/mol. The lowest BCUT2D eigenvalue weighted by atomic mass is 10.2. The molecule has 2 aromatic carbocycles. The Kier molecular flexibility index (Phi) is 5.32. The molecule has 0 aliphatic rings. The first-order valence-corrected chi connectivity index (χ1v) is 7.11. The van der Waals surface area contributed by atoms with E-state index in [9.17, 15) is 0 Å². The van der Waals surface area contributed by atoms with E-state index in [1.807, 2.05) is 42.5 Å². The highest BCUT2D eigenvalue weighted by Gasteiger charge is 2.01. The molecule has 0 aromatic heterocycles. The summed E-state index contributed by atoms with van der Waals surface area (Å²) in [4.78, 5) is 0. The van der Waals surface area contributed by atoms with Crippen molar-refractivity contribution in [2.24, 2.45) is 0 Å². The Morgan fingerprint density at radius 1 is 1.05 bits per heavy atom. The van der Waals surface area contributed by atoms with E-state index in [0.717, 1.165) is 30.2 Å². The second-order valence-corrected chi connectivity index (χ2v) is 4.84. The predicted octanol–water partition coefficient (Wildman–Crippen LogP) is 3.68. The van der Waals surface area contributed by atoms with Crippen LogP contribution in [0.4, 0.5) is 11.4 Å². The average Bonchev–Trinajstić information content (AvgIpc) is 2.51. The molecule has 2 aromatic rings. The lowest BCUT2D eigenvalue weighted by Crippen LogP contribution is -2.02. The summed E-state index contributed by atoms with van der Waals surface area (Å²) in [6.45, 7) is 3.50. The number of nitrogen functional groups attached to an aromatic ring is 1. The second kappa shape index (κ2) is 7.43. The van der Waals surface area contributed by atoms with Crippen molar-refractivity contribution in [3.8, 4) is 11.5 Å². The van der Waals surface area contributed by atoms with Gasteiger partial charge in [0.05, 0.1) is 13.7 Å². The summed E-state index contributed by atoms with van der Waals surface area (Å²) in [5.74, 6) is 1.66. The van der Waals surface area contributed by atoms with Crippen LogP contribution in [0, 0.1) is 0 Å². The number of methoxy groups -OCH3 is 1. The van der Waals surface area contributed by atoms with Crippen LogP contribution in [0.5, 0.6) is 11.5 Å². The van der Waals surface area contributed by atoms with E-state index in [-0.39, 0.29) is 0 Å². The number of ether oxygens (including phenoxy) is 2. The maximum absolute atomic E-state index is 5.90. The molecule has 0 saturated carbocycles. The van der Waals surface area contributed by atoms with E-state index in [1.54, 1.807) is 7.11 Å². The summed E-state index contributed by atoms with van der Waals surface area (Å²) >= 11 is 0. The largest absolute Gasteiger partial charge is 0.497 e. The Bertz CT molecular complexity index is 568. The zero-order chi connectivity index (χ0) is 15.1. The van der Waals surface area contributed by atoms with Gasteiger partial charge >= 0.3 is 0 Å². The number of hydrogen-bond donors (Lipinski definition) is 2. The van der Waals surface area contributed by atoms with Gasteiger partial charge in [-0.3, -0.25) is 0 Å². The number of nitrogens with one attached hydrogen (secondary N) is 1. The van der Waals surface area contributed by atoms with E-state index >= 15 is 0 Å². The van der Waals surface area contributed by atoms with Crippen LogP contribution in [0.3, 0.4) is 0 Å². The normalized spacial score (nSPS) is 10.2. The van der Waals surface area contributed by atoms with Crippen molar-refractivity contribution in [1.82, 2.24) is 0 Å². The number of anilines is 2. The number of nitrogens with two attached hydrogens (primary N) is 1. The molecule has 0 aliphatic heterocycles. The zero-order valence-corrected chi connectivity index (χ0v) is 12.6. The van der Waals surface area contributed by atoms with Gasteiger partial charge in [0.15, 0.2) is 0 Å². The maximum Gasteiger partial charge on any atom is 0.123 e. The smallest absolute Gasteiger partial charge is 0.123 e. The van der Waals surface area contributed by atoms with Gasteiger partial charge in [0.1, 0.15) is 11.5 Å². The van der Waals surface area contributed by atoms with Crippen LogP contribution in [0.1, 0.15) is 18.9 Å². The van der Waals surface area contributed by atoms with E-state index in [0.29, 0.717) is 12.3 Å². The van der Waals surface area contributed by atoms with Crippen LogP contribution in [0.15, 0.2) is 42.5 Å². The summed E-state index contributed by atoms with van der Waals surface area (Å²) in [7, 11) is 1.66. The van der Waals surface area contributed by atoms with Gasteiger partial charge in [-0.2, -0.15) is 0 Å².